The van der Waals surface area contributed by atoms with E-state index in [2.05, 4.69) is 20.9 Å². The Hall–Kier alpha value is -1.35. The Kier molecular flexibility index (Phi) is 3.57. The molecule has 0 N–H and O–H groups in total. The van der Waals surface area contributed by atoms with Gasteiger partial charge in [0.2, 0.25) is 0 Å². The van der Waals surface area contributed by atoms with Gasteiger partial charge in [-0.05, 0) is 37.3 Å². The van der Waals surface area contributed by atoms with Gasteiger partial charge in [-0.25, -0.2) is 0 Å². The normalized spacial score (nSPS) is 10.1. The van der Waals surface area contributed by atoms with E-state index < -0.39 is 0 Å². The van der Waals surface area contributed by atoms with Crippen molar-refractivity contribution < 1.29 is 4.74 Å². The van der Waals surface area contributed by atoms with Crippen molar-refractivity contribution >= 4 is 15.9 Å². The summed E-state index contributed by atoms with van der Waals surface area (Å²) in [5.41, 5.74) is 1.93. The third kappa shape index (κ3) is 2.42. The number of ether oxygens (including phenoxy) is 1. The van der Waals surface area contributed by atoms with E-state index in [1.807, 2.05) is 43.3 Å². The molecule has 0 spiro atoms. The highest BCUT2D eigenvalue weighted by Gasteiger charge is 2.07. The van der Waals surface area contributed by atoms with E-state index in [0.717, 1.165) is 21.5 Å². The van der Waals surface area contributed by atoms with Gasteiger partial charge in [-0.3, -0.25) is 4.98 Å². The smallest absolute Gasteiger partial charge is 0.128 e. The van der Waals surface area contributed by atoms with Gasteiger partial charge in [0.1, 0.15) is 5.75 Å². The number of halogens is 1. The van der Waals surface area contributed by atoms with Crippen molar-refractivity contribution in [3.63, 3.8) is 0 Å². The van der Waals surface area contributed by atoms with Gasteiger partial charge in [0.05, 0.1) is 12.3 Å². The highest BCUT2D eigenvalue weighted by molar-refractivity contribution is 9.10. The lowest BCUT2D eigenvalue weighted by molar-refractivity contribution is 0.341. The molecule has 1 aromatic carbocycles. The first-order chi connectivity index (χ1) is 7.81. The van der Waals surface area contributed by atoms with Crippen LogP contribution in [-0.4, -0.2) is 11.6 Å². The summed E-state index contributed by atoms with van der Waals surface area (Å²) in [6.45, 7) is 2.63. The minimum atomic E-state index is 0.654. The van der Waals surface area contributed by atoms with Crippen LogP contribution in [0.5, 0.6) is 5.75 Å². The molecule has 2 nitrogen and oxygen atoms in total. The average molecular weight is 278 g/mol. The minimum absolute atomic E-state index is 0.654. The molecule has 0 saturated heterocycles. The third-order valence-corrected chi connectivity index (χ3v) is 2.68. The molecule has 0 aliphatic heterocycles. The van der Waals surface area contributed by atoms with Gasteiger partial charge in [-0.15, -0.1) is 0 Å². The number of rotatable bonds is 3. The van der Waals surface area contributed by atoms with Crippen molar-refractivity contribution in [2.75, 3.05) is 6.61 Å². The van der Waals surface area contributed by atoms with Crippen LogP contribution in [0.2, 0.25) is 0 Å². The van der Waals surface area contributed by atoms with E-state index in [1.54, 1.807) is 6.20 Å². The summed E-state index contributed by atoms with van der Waals surface area (Å²) >= 11 is 3.46. The van der Waals surface area contributed by atoms with Gasteiger partial charge < -0.3 is 4.74 Å². The van der Waals surface area contributed by atoms with Crippen LogP contribution in [0.3, 0.4) is 0 Å². The Bertz CT molecular complexity index is 471. The molecule has 0 aliphatic carbocycles. The molecule has 3 heteroatoms. The van der Waals surface area contributed by atoms with Crippen LogP contribution in [0.15, 0.2) is 47.1 Å². The second kappa shape index (κ2) is 5.12. The highest BCUT2D eigenvalue weighted by atomic mass is 79.9. The summed E-state index contributed by atoms with van der Waals surface area (Å²) in [7, 11) is 0. The molecule has 0 fully saturated rings. The summed E-state index contributed by atoms with van der Waals surface area (Å²) in [6, 6.07) is 11.8. The van der Waals surface area contributed by atoms with Gasteiger partial charge in [-0.2, -0.15) is 0 Å². The van der Waals surface area contributed by atoms with Crippen LogP contribution in [0, 0.1) is 0 Å². The van der Waals surface area contributed by atoms with Gasteiger partial charge in [-0.1, -0.05) is 22.0 Å². The molecule has 0 bridgehead atoms. The summed E-state index contributed by atoms with van der Waals surface area (Å²) < 4.78 is 6.61. The van der Waals surface area contributed by atoms with Gasteiger partial charge in [0, 0.05) is 16.2 Å². The zero-order chi connectivity index (χ0) is 11.4. The molecule has 0 unspecified atom stereocenters. The van der Waals surface area contributed by atoms with Crippen molar-refractivity contribution in [2.45, 2.75) is 6.92 Å². The van der Waals surface area contributed by atoms with Crippen molar-refractivity contribution in [3.05, 3.63) is 47.1 Å². The maximum absolute atomic E-state index is 5.59. The maximum atomic E-state index is 5.59. The van der Waals surface area contributed by atoms with Gasteiger partial charge in [0.25, 0.3) is 0 Å². The van der Waals surface area contributed by atoms with Crippen LogP contribution >= 0.6 is 15.9 Å². The fraction of sp³-hybridized carbons (Fsp3) is 0.154. The van der Waals surface area contributed by atoms with Crippen molar-refractivity contribution in [3.8, 4) is 17.0 Å². The standard InChI is InChI=1S/C13H12BrNO/c1-2-16-13-7-6-10(14)9-11(13)12-5-3-4-8-15-12/h3-9H,2H2,1H3. The van der Waals surface area contributed by atoms with E-state index in [-0.39, 0.29) is 0 Å². The second-order valence-corrected chi connectivity index (χ2v) is 4.20. The van der Waals surface area contributed by atoms with Crippen LogP contribution in [-0.2, 0) is 0 Å². The molecule has 0 atom stereocenters. The van der Waals surface area contributed by atoms with Crippen LogP contribution in [0.25, 0.3) is 11.3 Å². The largest absolute Gasteiger partial charge is 0.493 e. The molecule has 0 aliphatic rings. The topological polar surface area (TPSA) is 22.1 Å². The molecule has 0 radical (unpaired) electrons. The van der Waals surface area contributed by atoms with E-state index in [9.17, 15) is 0 Å². The molecular weight excluding hydrogens is 266 g/mol. The zero-order valence-corrected chi connectivity index (χ0v) is 10.6. The lowest BCUT2D eigenvalue weighted by atomic mass is 10.1. The SMILES string of the molecule is CCOc1ccc(Br)cc1-c1ccccn1. The summed E-state index contributed by atoms with van der Waals surface area (Å²) in [6.07, 6.45) is 1.78. The van der Waals surface area contributed by atoms with Crippen molar-refractivity contribution in [1.82, 2.24) is 4.98 Å². The van der Waals surface area contributed by atoms with E-state index in [0.29, 0.717) is 6.61 Å². The predicted molar refractivity (Wildman–Crippen MR) is 68.5 cm³/mol. The third-order valence-electron chi connectivity index (χ3n) is 2.18. The number of aromatic nitrogens is 1. The Morgan fingerprint density at radius 1 is 1.25 bits per heavy atom. The fourth-order valence-corrected chi connectivity index (χ4v) is 1.87. The summed E-state index contributed by atoms with van der Waals surface area (Å²) in [5.74, 6) is 0.865. The summed E-state index contributed by atoms with van der Waals surface area (Å²) in [5, 5.41) is 0. The van der Waals surface area contributed by atoms with E-state index in [4.69, 9.17) is 4.74 Å². The molecule has 2 aromatic rings. The number of pyridine rings is 1. The van der Waals surface area contributed by atoms with Crippen LogP contribution in [0.4, 0.5) is 0 Å². The van der Waals surface area contributed by atoms with E-state index in [1.165, 1.54) is 0 Å². The van der Waals surface area contributed by atoms with Crippen LogP contribution < -0.4 is 4.74 Å². The van der Waals surface area contributed by atoms with E-state index >= 15 is 0 Å². The Morgan fingerprint density at radius 3 is 2.81 bits per heavy atom. The minimum Gasteiger partial charge on any atom is -0.493 e. The van der Waals surface area contributed by atoms with Crippen molar-refractivity contribution in [2.24, 2.45) is 0 Å². The highest BCUT2D eigenvalue weighted by Crippen LogP contribution is 2.31. The molecule has 1 heterocycles. The van der Waals surface area contributed by atoms with Crippen LogP contribution in [0.1, 0.15) is 6.92 Å². The quantitative estimate of drug-likeness (QED) is 0.849. The first kappa shape index (κ1) is 11.1. The maximum Gasteiger partial charge on any atom is 0.128 e. The number of hydrogen-bond donors (Lipinski definition) is 0. The molecule has 0 amide bonds. The zero-order valence-electron chi connectivity index (χ0n) is 8.98. The van der Waals surface area contributed by atoms with Crippen molar-refractivity contribution in [1.29, 1.82) is 0 Å². The molecule has 0 saturated carbocycles. The predicted octanol–water partition coefficient (Wildman–Crippen LogP) is 3.91. The first-order valence-corrected chi connectivity index (χ1v) is 5.94. The molecule has 2 rings (SSSR count). The Balaban J connectivity index is 2.49. The average Bonchev–Trinajstić information content (AvgIpc) is 2.33. The lowest BCUT2D eigenvalue weighted by Crippen LogP contribution is -1.94. The Labute approximate surface area is 103 Å². The molecule has 82 valence electrons. The molecule has 16 heavy (non-hydrogen) atoms. The molecule has 1 aromatic heterocycles. The number of benzene rings is 1. The monoisotopic (exact) mass is 277 g/mol. The lowest BCUT2D eigenvalue weighted by Gasteiger charge is -2.09. The fourth-order valence-electron chi connectivity index (χ4n) is 1.51. The first-order valence-electron chi connectivity index (χ1n) is 5.15. The number of hydrogen-bond acceptors (Lipinski definition) is 2. The summed E-state index contributed by atoms with van der Waals surface area (Å²) in [4.78, 5) is 4.33. The van der Waals surface area contributed by atoms with Gasteiger partial charge >= 0.3 is 0 Å². The molecular formula is C13H12BrNO. The van der Waals surface area contributed by atoms with Gasteiger partial charge in [0.15, 0.2) is 0 Å². The number of nitrogens with zero attached hydrogens (tertiary/aromatic N) is 1. The second-order valence-electron chi connectivity index (χ2n) is 3.29. The Morgan fingerprint density at radius 2 is 2.12 bits per heavy atom.